The van der Waals surface area contributed by atoms with Gasteiger partial charge in [0.25, 0.3) is 0 Å². The number of benzene rings is 1. The average Bonchev–Trinajstić information content (AvgIpc) is 2.64. The maximum atomic E-state index is 8.92. The van der Waals surface area contributed by atoms with Crippen molar-refractivity contribution < 1.29 is 5.11 Å². The monoisotopic (exact) mass is 232 g/mol. The summed E-state index contributed by atoms with van der Waals surface area (Å²) in [5.41, 5.74) is 4.87. The van der Waals surface area contributed by atoms with Gasteiger partial charge in [-0.3, -0.25) is 0 Å². The van der Waals surface area contributed by atoms with E-state index in [0.717, 1.165) is 30.7 Å². The van der Waals surface area contributed by atoms with Crippen molar-refractivity contribution in [2.45, 2.75) is 40.2 Å². The summed E-state index contributed by atoms with van der Waals surface area (Å²) in [4.78, 5) is 4.67. The number of imidazole rings is 1. The predicted molar refractivity (Wildman–Crippen MR) is 70.3 cm³/mol. The normalized spacial score (nSPS) is 11.3. The molecule has 1 heterocycles. The third-order valence-corrected chi connectivity index (χ3v) is 3.32. The van der Waals surface area contributed by atoms with E-state index in [1.165, 1.54) is 16.6 Å². The van der Waals surface area contributed by atoms with Crippen molar-refractivity contribution in [2.24, 2.45) is 0 Å². The Morgan fingerprint density at radius 1 is 1.24 bits per heavy atom. The highest BCUT2D eigenvalue weighted by atomic mass is 16.2. The third-order valence-electron chi connectivity index (χ3n) is 3.32. The van der Waals surface area contributed by atoms with Gasteiger partial charge in [-0.15, -0.1) is 0 Å². The summed E-state index contributed by atoms with van der Waals surface area (Å²) in [6, 6.07) is 4.36. The molecule has 0 aliphatic heterocycles. The first-order valence-corrected chi connectivity index (χ1v) is 6.24. The fourth-order valence-corrected chi connectivity index (χ4v) is 2.21. The van der Waals surface area contributed by atoms with E-state index in [0.29, 0.717) is 0 Å². The van der Waals surface area contributed by atoms with Gasteiger partial charge >= 0.3 is 0 Å². The fraction of sp³-hybridized carbons (Fsp3) is 0.500. The minimum atomic E-state index is 0.227. The van der Waals surface area contributed by atoms with E-state index in [2.05, 4.69) is 42.5 Å². The number of aryl methyl sites for hydroxylation is 4. The molecular weight excluding hydrogens is 212 g/mol. The lowest BCUT2D eigenvalue weighted by molar-refractivity contribution is 0.287. The second-order valence-electron chi connectivity index (χ2n) is 4.52. The van der Waals surface area contributed by atoms with E-state index in [1.54, 1.807) is 0 Å². The number of fused-ring (bicyclic) bond motifs is 1. The Morgan fingerprint density at radius 2 is 1.94 bits per heavy atom. The number of hydrogen-bond donors (Lipinski definition) is 1. The Hall–Kier alpha value is -1.35. The van der Waals surface area contributed by atoms with E-state index < -0.39 is 0 Å². The molecule has 2 aromatic rings. The zero-order valence-corrected chi connectivity index (χ0v) is 10.8. The summed E-state index contributed by atoms with van der Waals surface area (Å²) in [5.74, 6) is 1.08. The van der Waals surface area contributed by atoms with Crippen LogP contribution in [0.4, 0.5) is 0 Å². The number of nitrogens with zero attached hydrogens (tertiary/aromatic N) is 2. The summed E-state index contributed by atoms with van der Waals surface area (Å²) in [6.45, 7) is 7.55. The minimum absolute atomic E-state index is 0.227. The first-order chi connectivity index (χ1) is 8.17. The van der Waals surface area contributed by atoms with Crippen LogP contribution in [-0.2, 0) is 13.0 Å². The molecule has 0 unspecified atom stereocenters. The molecule has 1 aromatic carbocycles. The van der Waals surface area contributed by atoms with Crippen molar-refractivity contribution in [1.82, 2.24) is 9.55 Å². The Balaban J connectivity index is 2.54. The molecule has 0 radical (unpaired) electrons. The van der Waals surface area contributed by atoms with Crippen LogP contribution in [0.15, 0.2) is 12.1 Å². The Labute approximate surface area is 102 Å². The standard InChI is InChI=1S/C14H20N2O/c1-4-16-13-9-11(3)10(2)8-12(13)15-14(16)6-5-7-17/h8-9,17H,4-7H2,1-3H3. The highest BCUT2D eigenvalue weighted by Gasteiger charge is 2.10. The van der Waals surface area contributed by atoms with Gasteiger partial charge in [0.15, 0.2) is 0 Å². The van der Waals surface area contributed by atoms with Crippen molar-refractivity contribution in [3.63, 3.8) is 0 Å². The van der Waals surface area contributed by atoms with Crippen molar-refractivity contribution in [2.75, 3.05) is 6.61 Å². The van der Waals surface area contributed by atoms with Crippen LogP contribution in [0.5, 0.6) is 0 Å². The number of aromatic nitrogens is 2. The van der Waals surface area contributed by atoms with Crippen LogP contribution in [0.1, 0.15) is 30.3 Å². The molecule has 2 rings (SSSR count). The van der Waals surface area contributed by atoms with Crippen LogP contribution in [0.3, 0.4) is 0 Å². The summed E-state index contributed by atoms with van der Waals surface area (Å²) in [7, 11) is 0. The highest BCUT2D eigenvalue weighted by molar-refractivity contribution is 5.78. The summed E-state index contributed by atoms with van der Waals surface area (Å²) < 4.78 is 2.25. The van der Waals surface area contributed by atoms with Gasteiger partial charge in [0.1, 0.15) is 5.82 Å². The van der Waals surface area contributed by atoms with Crippen molar-refractivity contribution in [3.05, 3.63) is 29.1 Å². The molecule has 0 aliphatic carbocycles. The molecule has 0 atom stereocenters. The first kappa shape index (κ1) is 12.1. The van der Waals surface area contributed by atoms with Gasteiger partial charge in [-0.25, -0.2) is 4.98 Å². The van der Waals surface area contributed by atoms with Crippen molar-refractivity contribution in [1.29, 1.82) is 0 Å². The molecule has 92 valence electrons. The average molecular weight is 232 g/mol. The largest absolute Gasteiger partial charge is 0.396 e. The molecule has 0 aliphatic rings. The van der Waals surface area contributed by atoms with Gasteiger partial charge < -0.3 is 9.67 Å². The Bertz CT molecular complexity index is 528. The minimum Gasteiger partial charge on any atom is -0.396 e. The lowest BCUT2D eigenvalue weighted by atomic mass is 10.1. The van der Waals surface area contributed by atoms with Gasteiger partial charge in [0.2, 0.25) is 0 Å². The van der Waals surface area contributed by atoms with E-state index in [9.17, 15) is 0 Å². The predicted octanol–water partition coefficient (Wildman–Crippen LogP) is 2.60. The molecular formula is C14H20N2O. The van der Waals surface area contributed by atoms with Crippen LogP contribution in [0, 0.1) is 13.8 Å². The summed E-state index contributed by atoms with van der Waals surface area (Å²) in [5, 5.41) is 8.92. The van der Waals surface area contributed by atoms with E-state index >= 15 is 0 Å². The molecule has 3 heteroatoms. The molecule has 0 spiro atoms. The SMILES string of the molecule is CCn1c(CCCO)nc2cc(C)c(C)cc21. The van der Waals surface area contributed by atoms with Crippen LogP contribution in [0.2, 0.25) is 0 Å². The number of aliphatic hydroxyl groups is 1. The fourth-order valence-electron chi connectivity index (χ4n) is 2.21. The maximum Gasteiger partial charge on any atom is 0.109 e. The second-order valence-corrected chi connectivity index (χ2v) is 4.52. The lowest BCUT2D eigenvalue weighted by Gasteiger charge is -2.06. The van der Waals surface area contributed by atoms with Crippen LogP contribution < -0.4 is 0 Å². The summed E-state index contributed by atoms with van der Waals surface area (Å²) >= 11 is 0. The zero-order valence-electron chi connectivity index (χ0n) is 10.8. The van der Waals surface area contributed by atoms with Crippen LogP contribution in [-0.4, -0.2) is 21.3 Å². The molecule has 0 saturated heterocycles. The highest BCUT2D eigenvalue weighted by Crippen LogP contribution is 2.21. The van der Waals surface area contributed by atoms with Gasteiger partial charge in [-0.1, -0.05) is 0 Å². The van der Waals surface area contributed by atoms with E-state index in [4.69, 9.17) is 5.11 Å². The van der Waals surface area contributed by atoms with Gasteiger partial charge in [-0.2, -0.15) is 0 Å². The first-order valence-electron chi connectivity index (χ1n) is 6.24. The number of aliphatic hydroxyl groups excluding tert-OH is 1. The van der Waals surface area contributed by atoms with E-state index in [1.807, 2.05) is 0 Å². The topological polar surface area (TPSA) is 38.0 Å². The van der Waals surface area contributed by atoms with Crippen molar-refractivity contribution in [3.8, 4) is 0 Å². The van der Waals surface area contributed by atoms with Gasteiger partial charge in [0.05, 0.1) is 11.0 Å². The quantitative estimate of drug-likeness (QED) is 0.880. The van der Waals surface area contributed by atoms with E-state index in [-0.39, 0.29) is 6.61 Å². The molecule has 0 fully saturated rings. The molecule has 1 aromatic heterocycles. The molecule has 3 nitrogen and oxygen atoms in total. The van der Waals surface area contributed by atoms with Gasteiger partial charge in [-0.05, 0) is 50.5 Å². The Kier molecular flexibility index (Phi) is 3.48. The molecule has 0 amide bonds. The number of rotatable bonds is 4. The molecule has 17 heavy (non-hydrogen) atoms. The van der Waals surface area contributed by atoms with Crippen molar-refractivity contribution >= 4 is 11.0 Å². The van der Waals surface area contributed by atoms with Crippen LogP contribution in [0.25, 0.3) is 11.0 Å². The Morgan fingerprint density at radius 3 is 2.59 bits per heavy atom. The maximum absolute atomic E-state index is 8.92. The summed E-state index contributed by atoms with van der Waals surface area (Å²) in [6.07, 6.45) is 1.62. The van der Waals surface area contributed by atoms with Crippen LogP contribution >= 0.6 is 0 Å². The zero-order chi connectivity index (χ0) is 12.4. The molecule has 0 bridgehead atoms. The van der Waals surface area contributed by atoms with Gasteiger partial charge in [0, 0.05) is 19.6 Å². The third kappa shape index (κ3) is 2.20. The lowest BCUT2D eigenvalue weighted by Crippen LogP contribution is -2.02. The smallest absolute Gasteiger partial charge is 0.109 e. The molecule has 1 N–H and O–H groups in total. The molecule has 0 saturated carbocycles. The second kappa shape index (κ2) is 4.88. The number of hydrogen-bond acceptors (Lipinski definition) is 2.